The molecule has 0 aliphatic heterocycles. The van der Waals surface area contributed by atoms with Crippen LogP contribution in [0.2, 0.25) is 0 Å². The minimum absolute atomic E-state index is 0. The third kappa shape index (κ3) is 9.00. The van der Waals surface area contributed by atoms with Gasteiger partial charge in [0.1, 0.15) is 0 Å². The van der Waals surface area contributed by atoms with Crippen LogP contribution < -0.4 is 0 Å². The van der Waals surface area contributed by atoms with Crippen LogP contribution >= 0.6 is 0 Å². The van der Waals surface area contributed by atoms with Crippen molar-refractivity contribution in [2.45, 2.75) is 0 Å². The summed E-state index contributed by atoms with van der Waals surface area (Å²) in [7, 11) is 0. The molecule has 4 heteroatoms. The summed E-state index contributed by atoms with van der Waals surface area (Å²) in [4.78, 5) is 0. The fourth-order valence-corrected chi connectivity index (χ4v) is 0. The van der Waals surface area contributed by atoms with Gasteiger partial charge in [0.2, 0.25) is 0 Å². The molecule has 0 fully saturated rings. The first-order valence-corrected chi connectivity index (χ1v) is 0. The standard InChI is InChI=1S/2Al.K.Li.8H. The zero-order chi connectivity index (χ0) is 0. The Morgan fingerprint density at radius 3 is 0.750 bits per heavy atom. The van der Waals surface area contributed by atoms with Crippen LogP contribution in [0, 0.1) is 0 Å². The van der Waals surface area contributed by atoms with Crippen LogP contribution in [0.25, 0.3) is 0 Å². The quantitative estimate of drug-likeness (QED) is 0.280. The molecule has 0 aromatic rings. The Bertz CT molecular complexity index is 6.00. The molecule has 0 atom stereocenters. The first-order valence-electron chi connectivity index (χ1n) is 0. The summed E-state index contributed by atoms with van der Waals surface area (Å²) >= 11 is 0. The van der Waals surface area contributed by atoms with Crippen LogP contribution in [0.1, 0.15) is 0 Å². The third-order valence-corrected chi connectivity index (χ3v) is 0. The first-order chi connectivity index (χ1) is 0. The van der Waals surface area contributed by atoms with Gasteiger partial charge in [-0.15, -0.1) is 0 Å². The maximum absolute atomic E-state index is 0. The van der Waals surface area contributed by atoms with E-state index in [0.29, 0.717) is 0 Å². The van der Waals surface area contributed by atoms with Gasteiger partial charge in [-0.05, 0) is 0 Å². The van der Waals surface area contributed by atoms with Crippen molar-refractivity contribution < 1.29 is 0 Å². The Balaban J connectivity index is 0. The predicted octanol–water partition coefficient (Wildman–Crippen LogP) is -3.66. The van der Waals surface area contributed by atoms with Gasteiger partial charge >= 0.3 is 70.2 Å². The molecule has 0 unspecified atom stereocenters. The molecular formula is H8Al2KLi. The molecule has 16 valence electrons. The van der Waals surface area contributed by atoms with E-state index in [-0.39, 0.29) is 105 Å². The van der Waals surface area contributed by atoms with E-state index in [1.54, 1.807) is 0 Å². The second-order valence-electron chi connectivity index (χ2n) is 0. The fourth-order valence-electron chi connectivity index (χ4n) is 0. The van der Waals surface area contributed by atoms with Gasteiger partial charge in [-0.3, -0.25) is 0 Å². The van der Waals surface area contributed by atoms with Crippen LogP contribution in [0.15, 0.2) is 0 Å². The molecule has 0 aliphatic carbocycles. The van der Waals surface area contributed by atoms with Crippen molar-refractivity contribution in [1.82, 2.24) is 0 Å². The molecule has 0 rings (SSSR count). The van der Waals surface area contributed by atoms with Gasteiger partial charge in [-0.25, -0.2) is 0 Å². The van der Waals surface area contributed by atoms with Crippen LogP contribution in [0.3, 0.4) is 0 Å². The molecular weight excluding hydrogens is 100 g/mol. The molecule has 0 bridgehead atoms. The van der Waals surface area contributed by atoms with E-state index in [1.165, 1.54) is 0 Å². The monoisotopic (exact) mass is 108 g/mol. The summed E-state index contributed by atoms with van der Waals surface area (Å²) in [5.41, 5.74) is 0. The van der Waals surface area contributed by atoms with Gasteiger partial charge in [-0.2, -0.15) is 0 Å². The molecule has 0 saturated heterocycles. The molecule has 0 heterocycles. The van der Waals surface area contributed by atoms with Crippen molar-refractivity contribution >= 4 is 105 Å². The van der Waals surface area contributed by atoms with E-state index in [1.807, 2.05) is 0 Å². The summed E-state index contributed by atoms with van der Waals surface area (Å²) in [5, 5.41) is 0. The predicted molar refractivity (Wildman–Crippen MR) is 34.2 cm³/mol. The summed E-state index contributed by atoms with van der Waals surface area (Å²) in [5.74, 6) is 0. The molecule has 0 radical (unpaired) electrons. The second-order valence-corrected chi connectivity index (χ2v) is 0. The Morgan fingerprint density at radius 1 is 0.750 bits per heavy atom. The normalized spacial score (nSPS) is 0. The number of hydrogen-bond acceptors (Lipinski definition) is 0. The van der Waals surface area contributed by atoms with Crippen LogP contribution in [0.4, 0.5) is 0 Å². The molecule has 0 nitrogen and oxygen atoms in total. The molecule has 0 N–H and O–H groups in total. The van der Waals surface area contributed by atoms with E-state index in [4.69, 9.17) is 0 Å². The van der Waals surface area contributed by atoms with Crippen molar-refractivity contribution in [3.8, 4) is 0 Å². The van der Waals surface area contributed by atoms with Gasteiger partial charge < -0.3 is 0 Å². The molecule has 0 aromatic heterocycles. The van der Waals surface area contributed by atoms with Crippen molar-refractivity contribution in [1.29, 1.82) is 0 Å². The number of hydrogen-bond donors (Lipinski definition) is 0. The van der Waals surface area contributed by atoms with Gasteiger partial charge in [0.25, 0.3) is 0 Å². The first kappa shape index (κ1) is 26.6. The van der Waals surface area contributed by atoms with Crippen LogP contribution in [-0.4, -0.2) is 105 Å². The van der Waals surface area contributed by atoms with E-state index in [2.05, 4.69) is 0 Å². The Labute approximate surface area is 102 Å². The van der Waals surface area contributed by atoms with Gasteiger partial charge in [0.05, 0.1) is 0 Å². The van der Waals surface area contributed by atoms with Gasteiger partial charge in [0.15, 0.2) is 34.7 Å². The Morgan fingerprint density at radius 2 is 0.750 bits per heavy atom. The summed E-state index contributed by atoms with van der Waals surface area (Å²) in [6, 6.07) is 0. The van der Waals surface area contributed by atoms with Gasteiger partial charge in [0, 0.05) is 0 Å². The van der Waals surface area contributed by atoms with Crippen molar-refractivity contribution in [3.05, 3.63) is 0 Å². The van der Waals surface area contributed by atoms with Crippen molar-refractivity contribution in [2.75, 3.05) is 0 Å². The number of rotatable bonds is 0. The Kier molecular flexibility index (Phi) is 108. The van der Waals surface area contributed by atoms with Crippen molar-refractivity contribution in [3.63, 3.8) is 0 Å². The zero-order valence-corrected chi connectivity index (χ0v) is 0. The van der Waals surface area contributed by atoms with E-state index in [0.717, 1.165) is 0 Å². The zero-order valence-electron chi connectivity index (χ0n) is 0. The molecule has 0 spiro atoms. The molecule has 4 heavy (non-hydrogen) atoms. The summed E-state index contributed by atoms with van der Waals surface area (Å²) in [6.45, 7) is 0. The second kappa shape index (κ2) is 16.3. The molecule has 0 amide bonds. The minimum atomic E-state index is 0. The average molecular weight is 108 g/mol. The topological polar surface area (TPSA) is 0 Å². The summed E-state index contributed by atoms with van der Waals surface area (Å²) in [6.07, 6.45) is 0. The molecule has 0 saturated carbocycles. The molecule has 0 aliphatic rings. The van der Waals surface area contributed by atoms with E-state index < -0.39 is 0 Å². The van der Waals surface area contributed by atoms with Crippen LogP contribution in [0.5, 0.6) is 0 Å². The SMILES string of the molecule is [AlH3].[AlH3].[KH].[LiH]. The maximum atomic E-state index is 0. The van der Waals surface area contributed by atoms with Crippen molar-refractivity contribution in [2.24, 2.45) is 0 Å². The van der Waals surface area contributed by atoms with Crippen LogP contribution in [-0.2, 0) is 0 Å². The van der Waals surface area contributed by atoms with Gasteiger partial charge in [-0.1, -0.05) is 0 Å². The fraction of sp³-hybridized carbons (Fsp3) is 0. The summed E-state index contributed by atoms with van der Waals surface area (Å²) < 4.78 is 0. The Hall–Kier alpha value is 3.30. The average Bonchev–Trinajstić information content (AvgIpc) is 0. The van der Waals surface area contributed by atoms with E-state index in [9.17, 15) is 0 Å². The van der Waals surface area contributed by atoms with E-state index >= 15 is 0 Å². The third-order valence-electron chi connectivity index (χ3n) is 0. The molecule has 0 aromatic carbocycles.